The molecule has 0 spiro atoms. The van der Waals surface area contributed by atoms with E-state index >= 15 is 0 Å². The molecule has 2 N–H and O–H groups in total. The third kappa shape index (κ3) is 2.39. The number of H-pyrrole nitrogens is 1. The standard InChI is InChI=1S/C17H18N2O/c1-17(2)11-12-6-3-4-7-13(12)15(19-17)10-16(20)14-8-5-9-18-14/h3-10,18-19H,11H2,1-2H3. The van der Waals surface area contributed by atoms with Gasteiger partial charge in [-0.3, -0.25) is 4.79 Å². The Morgan fingerprint density at radius 1 is 1.20 bits per heavy atom. The summed E-state index contributed by atoms with van der Waals surface area (Å²) < 4.78 is 0. The molecule has 2 aromatic rings. The Morgan fingerprint density at radius 2 is 2.00 bits per heavy atom. The fourth-order valence-corrected chi connectivity index (χ4v) is 2.70. The van der Waals surface area contributed by atoms with Gasteiger partial charge in [-0.25, -0.2) is 0 Å². The number of rotatable bonds is 2. The molecule has 0 amide bonds. The molecule has 3 heteroatoms. The Balaban J connectivity index is 2.02. The molecule has 0 unspecified atom stereocenters. The van der Waals surface area contributed by atoms with Crippen LogP contribution in [0.1, 0.15) is 35.5 Å². The minimum absolute atomic E-state index is 0.00926. The van der Waals surface area contributed by atoms with E-state index in [0.717, 1.165) is 17.7 Å². The molecule has 2 heterocycles. The number of hydrogen-bond acceptors (Lipinski definition) is 2. The van der Waals surface area contributed by atoms with E-state index in [1.807, 2.05) is 18.2 Å². The summed E-state index contributed by atoms with van der Waals surface area (Å²) in [6.45, 7) is 4.30. The summed E-state index contributed by atoms with van der Waals surface area (Å²) in [7, 11) is 0. The van der Waals surface area contributed by atoms with E-state index in [1.165, 1.54) is 5.56 Å². The number of nitrogens with one attached hydrogen (secondary N) is 2. The van der Waals surface area contributed by atoms with Gasteiger partial charge in [-0.2, -0.15) is 0 Å². The first-order chi connectivity index (χ1) is 9.55. The zero-order valence-corrected chi connectivity index (χ0v) is 11.7. The summed E-state index contributed by atoms with van der Waals surface area (Å²) in [4.78, 5) is 15.2. The van der Waals surface area contributed by atoms with Crippen molar-refractivity contribution >= 4 is 11.5 Å². The molecule has 0 radical (unpaired) electrons. The van der Waals surface area contributed by atoms with E-state index in [4.69, 9.17) is 0 Å². The van der Waals surface area contributed by atoms with Crippen molar-refractivity contribution in [2.75, 3.05) is 0 Å². The molecule has 3 rings (SSSR count). The molecular formula is C17H18N2O. The van der Waals surface area contributed by atoms with Crippen LogP contribution >= 0.6 is 0 Å². The summed E-state index contributed by atoms with van der Waals surface area (Å²) in [5.74, 6) is -0.00926. The molecule has 3 nitrogen and oxygen atoms in total. The maximum Gasteiger partial charge on any atom is 0.204 e. The molecule has 1 aliphatic heterocycles. The van der Waals surface area contributed by atoms with Crippen molar-refractivity contribution in [3.05, 3.63) is 65.5 Å². The van der Waals surface area contributed by atoms with E-state index < -0.39 is 0 Å². The van der Waals surface area contributed by atoms with Crippen LogP contribution in [0.3, 0.4) is 0 Å². The maximum atomic E-state index is 12.2. The molecule has 1 aliphatic rings. The van der Waals surface area contributed by atoms with Crippen LogP contribution in [-0.2, 0) is 6.42 Å². The number of benzene rings is 1. The minimum atomic E-state index is -0.0454. The van der Waals surface area contributed by atoms with E-state index in [0.29, 0.717) is 5.69 Å². The second-order valence-electron chi connectivity index (χ2n) is 5.85. The molecule has 0 bridgehead atoms. The third-order valence-corrected chi connectivity index (χ3v) is 3.55. The molecular weight excluding hydrogens is 248 g/mol. The minimum Gasteiger partial charge on any atom is -0.379 e. The lowest BCUT2D eigenvalue weighted by atomic mass is 9.85. The van der Waals surface area contributed by atoms with Crippen LogP contribution in [0.4, 0.5) is 0 Å². The van der Waals surface area contributed by atoms with Crippen molar-refractivity contribution in [1.82, 2.24) is 10.3 Å². The first kappa shape index (κ1) is 12.7. The van der Waals surface area contributed by atoms with Crippen molar-refractivity contribution in [1.29, 1.82) is 0 Å². The first-order valence-electron chi connectivity index (χ1n) is 6.81. The highest BCUT2D eigenvalue weighted by Gasteiger charge is 2.27. The van der Waals surface area contributed by atoms with Crippen molar-refractivity contribution in [2.24, 2.45) is 0 Å². The van der Waals surface area contributed by atoms with Crippen LogP contribution in [-0.4, -0.2) is 16.3 Å². The first-order valence-corrected chi connectivity index (χ1v) is 6.81. The lowest BCUT2D eigenvalue weighted by Gasteiger charge is -2.35. The van der Waals surface area contributed by atoms with Gasteiger partial charge in [-0.15, -0.1) is 0 Å². The van der Waals surface area contributed by atoms with Gasteiger partial charge in [0.25, 0.3) is 0 Å². The molecule has 1 aromatic heterocycles. The van der Waals surface area contributed by atoms with E-state index in [1.54, 1.807) is 18.3 Å². The topological polar surface area (TPSA) is 44.9 Å². The normalized spacial score (nSPS) is 18.4. The van der Waals surface area contributed by atoms with E-state index in [-0.39, 0.29) is 11.3 Å². The summed E-state index contributed by atoms with van der Waals surface area (Å²) in [5.41, 5.74) is 3.86. The highest BCUT2D eigenvalue weighted by molar-refractivity contribution is 6.07. The van der Waals surface area contributed by atoms with Gasteiger partial charge in [0.2, 0.25) is 5.78 Å². The van der Waals surface area contributed by atoms with Crippen molar-refractivity contribution in [2.45, 2.75) is 25.8 Å². The quantitative estimate of drug-likeness (QED) is 0.648. The predicted octanol–water partition coefficient (Wildman–Crippen LogP) is 3.16. The molecule has 20 heavy (non-hydrogen) atoms. The molecule has 0 atom stereocenters. The van der Waals surface area contributed by atoms with Gasteiger partial charge >= 0.3 is 0 Å². The lowest BCUT2D eigenvalue weighted by molar-refractivity contribution is 0.104. The van der Waals surface area contributed by atoms with Crippen LogP contribution in [0, 0.1) is 0 Å². The van der Waals surface area contributed by atoms with Crippen LogP contribution in [0.15, 0.2) is 48.7 Å². The average molecular weight is 266 g/mol. The predicted molar refractivity (Wildman–Crippen MR) is 80.5 cm³/mol. The van der Waals surface area contributed by atoms with Crippen LogP contribution < -0.4 is 5.32 Å². The van der Waals surface area contributed by atoms with Gasteiger partial charge in [0.05, 0.1) is 5.69 Å². The molecule has 0 saturated heterocycles. The molecule has 102 valence electrons. The monoisotopic (exact) mass is 266 g/mol. The smallest absolute Gasteiger partial charge is 0.204 e. The van der Waals surface area contributed by atoms with Gasteiger partial charge in [-0.1, -0.05) is 24.3 Å². The number of hydrogen-bond donors (Lipinski definition) is 2. The van der Waals surface area contributed by atoms with Gasteiger partial charge in [0.1, 0.15) is 0 Å². The van der Waals surface area contributed by atoms with Crippen molar-refractivity contribution < 1.29 is 4.79 Å². The van der Waals surface area contributed by atoms with Crippen molar-refractivity contribution in [3.63, 3.8) is 0 Å². The number of aromatic nitrogens is 1. The second kappa shape index (κ2) is 4.67. The lowest BCUT2D eigenvalue weighted by Crippen LogP contribution is -2.43. The largest absolute Gasteiger partial charge is 0.379 e. The van der Waals surface area contributed by atoms with Crippen molar-refractivity contribution in [3.8, 4) is 0 Å². The molecule has 0 saturated carbocycles. The summed E-state index contributed by atoms with van der Waals surface area (Å²) >= 11 is 0. The fraction of sp³-hybridized carbons (Fsp3) is 0.235. The number of carbonyl (C=O) groups excluding carboxylic acids is 1. The van der Waals surface area contributed by atoms with Gasteiger partial charge in [0.15, 0.2) is 0 Å². The van der Waals surface area contributed by atoms with Gasteiger partial charge in [-0.05, 0) is 38.0 Å². The Labute approximate surface area is 118 Å². The molecule has 0 fully saturated rings. The Morgan fingerprint density at radius 3 is 2.75 bits per heavy atom. The van der Waals surface area contributed by atoms with E-state index in [2.05, 4.69) is 36.3 Å². The number of aromatic amines is 1. The van der Waals surface area contributed by atoms with E-state index in [9.17, 15) is 4.79 Å². The SMILES string of the molecule is CC1(C)Cc2ccccc2C(=CC(=O)c2ccc[nH]2)N1. The van der Waals surface area contributed by atoms with Crippen LogP contribution in [0.25, 0.3) is 5.70 Å². The van der Waals surface area contributed by atoms with Crippen LogP contribution in [0.5, 0.6) is 0 Å². The number of allylic oxidation sites excluding steroid dienone is 1. The summed E-state index contributed by atoms with van der Waals surface area (Å²) in [5, 5.41) is 3.47. The molecule has 0 aliphatic carbocycles. The zero-order chi connectivity index (χ0) is 14.2. The third-order valence-electron chi connectivity index (χ3n) is 3.55. The number of fused-ring (bicyclic) bond motifs is 1. The Hall–Kier alpha value is -2.29. The fourth-order valence-electron chi connectivity index (χ4n) is 2.70. The average Bonchev–Trinajstić information content (AvgIpc) is 2.91. The highest BCUT2D eigenvalue weighted by atomic mass is 16.1. The Kier molecular flexibility index (Phi) is 2.97. The highest BCUT2D eigenvalue weighted by Crippen LogP contribution is 2.29. The number of ketones is 1. The summed E-state index contributed by atoms with van der Waals surface area (Å²) in [6.07, 6.45) is 4.40. The number of carbonyl (C=O) groups is 1. The maximum absolute atomic E-state index is 12.2. The Bertz CT molecular complexity index is 666. The van der Waals surface area contributed by atoms with Crippen LogP contribution in [0.2, 0.25) is 0 Å². The van der Waals surface area contributed by atoms with Gasteiger partial charge in [0, 0.05) is 29.1 Å². The molecule has 1 aromatic carbocycles. The second-order valence-corrected chi connectivity index (χ2v) is 5.85. The van der Waals surface area contributed by atoms with Gasteiger partial charge < -0.3 is 10.3 Å². The summed E-state index contributed by atoms with van der Waals surface area (Å²) in [6, 6.07) is 11.9. The zero-order valence-electron chi connectivity index (χ0n) is 11.7.